The first-order valence-electron chi connectivity index (χ1n) is 8.07. The van der Waals surface area contributed by atoms with Crippen molar-refractivity contribution in [2.24, 2.45) is 5.92 Å². The molecule has 1 aliphatic rings. The van der Waals surface area contributed by atoms with E-state index in [-0.39, 0.29) is 18.6 Å². The predicted molar refractivity (Wildman–Crippen MR) is 80.4 cm³/mol. The van der Waals surface area contributed by atoms with Crippen LogP contribution in [0.1, 0.15) is 58.3 Å². The zero-order valence-electron chi connectivity index (χ0n) is 13.5. The van der Waals surface area contributed by atoms with Crippen LogP contribution in [0.2, 0.25) is 0 Å². The Morgan fingerprint density at radius 2 is 2.00 bits per heavy atom. The molecule has 0 radical (unpaired) electrons. The Hall–Kier alpha value is -0.980. The number of unbranched alkanes of at least 4 members (excludes halogenated alkanes) is 2. The minimum Gasteiger partial charge on any atom is -0.481 e. The average Bonchev–Trinajstić information content (AvgIpc) is 2.47. The summed E-state index contributed by atoms with van der Waals surface area (Å²) < 4.78 is 10.8. The van der Waals surface area contributed by atoms with Crippen molar-refractivity contribution in [1.29, 1.82) is 0 Å². The molecule has 0 aromatic heterocycles. The smallest absolute Gasteiger partial charge is 0.303 e. The third kappa shape index (κ3) is 6.42. The summed E-state index contributed by atoms with van der Waals surface area (Å²) in [5.41, 5.74) is 0. The van der Waals surface area contributed by atoms with Gasteiger partial charge in [0.15, 0.2) is 6.29 Å². The summed E-state index contributed by atoms with van der Waals surface area (Å²) in [4.78, 5) is 22.8. The van der Waals surface area contributed by atoms with Crippen molar-refractivity contribution in [3.63, 3.8) is 0 Å². The molecule has 2 N–H and O–H groups in total. The van der Waals surface area contributed by atoms with E-state index >= 15 is 0 Å². The van der Waals surface area contributed by atoms with Crippen LogP contribution in [-0.4, -0.2) is 47.6 Å². The molecule has 0 spiro atoms. The number of aliphatic carboxylic acids is 1. The van der Waals surface area contributed by atoms with Gasteiger partial charge in [-0.15, -0.1) is 0 Å². The number of carbonyl (C=O) groups excluding carboxylic acids is 1. The van der Waals surface area contributed by atoms with Gasteiger partial charge in [0.2, 0.25) is 0 Å². The quantitative estimate of drug-likeness (QED) is 0.600. The molecule has 0 aliphatic carbocycles. The van der Waals surface area contributed by atoms with Crippen molar-refractivity contribution < 1.29 is 29.3 Å². The van der Waals surface area contributed by atoms with Gasteiger partial charge in [-0.1, -0.05) is 19.8 Å². The van der Waals surface area contributed by atoms with E-state index in [1.54, 1.807) is 0 Å². The fourth-order valence-corrected chi connectivity index (χ4v) is 2.87. The molecule has 0 aromatic rings. The maximum Gasteiger partial charge on any atom is 0.303 e. The lowest BCUT2D eigenvalue weighted by atomic mass is 9.85. The summed E-state index contributed by atoms with van der Waals surface area (Å²) in [6.45, 7) is 2.09. The van der Waals surface area contributed by atoms with Gasteiger partial charge in [-0.3, -0.25) is 9.59 Å². The molecular formula is C16H28O6. The van der Waals surface area contributed by atoms with Gasteiger partial charge in [0.1, 0.15) is 5.78 Å². The van der Waals surface area contributed by atoms with E-state index in [0.717, 1.165) is 19.3 Å². The second-order valence-electron chi connectivity index (χ2n) is 5.94. The summed E-state index contributed by atoms with van der Waals surface area (Å²) in [5.74, 6) is -1.30. The molecule has 0 bridgehead atoms. The van der Waals surface area contributed by atoms with Crippen LogP contribution in [0.3, 0.4) is 0 Å². The van der Waals surface area contributed by atoms with Crippen molar-refractivity contribution in [3.05, 3.63) is 0 Å². The fourth-order valence-electron chi connectivity index (χ4n) is 2.87. The fraction of sp³-hybridized carbons (Fsp3) is 0.875. The van der Waals surface area contributed by atoms with Gasteiger partial charge in [0.05, 0.1) is 18.6 Å². The lowest BCUT2D eigenvalue weighted by molar-refractivity contribution is -0.229. The second kappa shape index (κ2) is 9.92. The molecule has 6 heteroatoms. The standard InChI is InChI=1S/C16H28O6/c1-3-4-5-6-11(17)7-8-14-12(9-15(19)20)13(18)10-16(21-2)22-14/h12-14,16,18H,3-10H2,1-2H3,(H,19,20)/t12-,13-,14+,16-/m0/s1. The van der Waals surface area contributed by atoms with Crippen LogP contribution in [0.15, 0.2) is 0 Å². The second-order valence-corrected chi connectivity index (χ2v) is 5.94. The number of hydrogen-bond donors (Lipinski definition) is 2. The molecule has 0 aromatic carbocycles. The molecule has 1 heterocycles. The first-order valence-corrected chi connectivity index (χ1v) is 8.07. The number of rotatable bonds is 10. The van der Waals surface area contributed by atoms with Crippen LogP contribution < -0.4 is 0 Å². The number of carboxylic acids is 1. The van der Waals surface area contributed by atoms with Crippen LogP contribution in [0.5, 0.6) is 0 Å². The lowest BCUT2D eigenvalue weighted by Gasteiger charge is -2.38. The van der Waals surface area contributed by atoms with E-state index in [9.17, 15) is 14.7 Å². The van der Waals surface area contributed by atoms with E-state index in [2.05, 4.69) is 6.92 Å². The van der Waals surface area contributed by atoms with Crippen LogP contribution in [0.4, 0.5) is 0 Å². The summed E-state index contributed by atoms with van der Waals surface area (Å²) in [6, 6.07) is 0. The number of ketones is 1. The van der Waals surface area contributed by atoms with E-state index < -0.39 is 30.4 Å². The maximum atomic E-state index is 11.9. The molecule has 1 aliphatic heterocycles. The topological polar surface area (TPSA) is 93.1 Å². The lowest BCUT2D eigenvalue weighted by Crippen LogP contribution is -2.45. The van der Waals surface area contributed by atoms with Gasteiger partial charge >= 0.3 is 5.97 Å². The molecule has 1 rings (SSSR count). The first-order chi connectivity index (χ1) is 10.5. The van der Waals surface area contributed by atoms with Crippen molar-refractivity contribution in [2.75, 3.05) is 7.11 Å². The normalized spacial score (nSPS) is 28.5. The zero-order chi connectivity index (χ0) is 16.5. The molecule has 22 heavy (non-hydrogen) atoms. The van der Waals surface area contributed by atoms with E-state index in [1.807, 2.05) is 0 Å². The van der Waals surface area contributed by atoms with Crippen molar-refractivity contribution in [1.82, 2.24) is 0 Å². The van der Waals surface area contributed by atoms with E-state index in [1.165, 1.54) is 7.11 Å². The summed E-state index contributed by atoms with van der Waals surface area (Å²) in [5, 5.41) is 19.1. The Labute approximate surface area is 131 Å². The first kappa shape index (κ1) is 19.1. The Morgan fingerprint density at radius 3 is 2.59 bits per heavy atom. The Balaban J connectivity index is 2.53. The third-order valence-electron chi connectivity index (χ3n) is 4.17. The third-order valence-corrected chi connectivity index (χ3v) is 4.17. The minimum absolute atomic E-state index is 0.160. The number of hydrogen-bond acceptors (Lipinski definition) is 5. The number of aliphatic hydroxyl groups is 1. The molecular weight excluding hydrogens is 288 g/mol. The Kier molecular flexibility index (Phi) is 8.60. The molecule has 0 saturated carbocycles. The number of carboxylic acid groups (broad SMARTS) is 1. The Bertz CT molecular complexity index is 357. The van der Waals surface area contributed by atoms with E-state index in [4.69, 9.17) is 14.6 Å². The molecule has 0 amide bonds. The molecule has 1 saturated heterocycles. The van der Waals surface area contributed by atoms with Gasteiger partial charge in [0.25, 0.3) is 0 Å². The molecule has 1 fully saturated rings. The van der Waals surface area contributed by atoms with Gasteiger partial charge in [-0.05, 0) is 12.8 Å². The average molecular weight is 316 g/mol. The van der Waals surface area contributed by atoms with Gasteiger partial charge in [0, 0.05) is 32.3 Å². The van der Waals surface area contributed by atoms with Crippen LogP contribution in [-0.2, 0) is 19.1 Å². The van der Waals surface area contributed by atoms with Crippen molar-refractivity contribution >= 4 is 11.8 Å². The van der Waals surface area contributed by atoms with Crippen LogP contribution in [0, 0.1) is 5.92 Å². The zero-order valence-corrected chi connectivity index (χ0v) is 13.5. The van der Waals surface area contributed by atoms with Crippen molar-refractivity contribution in [2.45, 2.75) is 76.8 Å². The van der Waals surface area contributed by atoms with Crippen LogP contribution in [0.25, 0.3) is 0 Å². The number of methoxy groups -OCH3 is 1. The summed E-state index contributed by atoms with van der Waals surface area (Å²) in [7, 11) is 1.49. The van der Waals surface area contributed by atoms with Gasteiger partial charge in [-0.25, -0.2) is 0 Å². The molecule has 128 valence electrons. The Morgan fingerprint density at radius 1 is 1.27 bits per heavy atom. The maximum absolute atomic E-state index is 11.9. The summed E-state index contributed by atoms with van der Waals surface area (Å²) in [6.07, 6.45) is 2.66. The number of Topliss-reactive ketones (excluding diaryl/α,β-unsaturated/α-hetero) is 1. The minimum atomic E-state index is -0.970. The highest BCUT2D eigenvalue weighted by atomic mass is 16.7. The largest absolute Gasteiger partial charge is 0.481 e. The SMILES string of the molecule is CCCCCC(=O)CC[C@H]1O[C@H](OC)C[C@H](O)[C@@H]1CC(=O)O. The van der Waals surface area contributed by atoms with Crippen molar-refractivity contribution in [3.8, 4) is 0 Å². The van der Waals surface area contributed by atoms with Gasteiger partial charge < -0.3 is 19.7 Å². The highest BCUT2D eigenvalue weighted by Crippen LogP contribution is 2.31. The summed E-state index contributed by atoms with van der Waals surface area (Å²) >= 11 is 0. The predicted octanol–water partition coefficient (Wildman–Crippen LogP) is 2.13. The number of carbonyl (C=O) groups is 2. The number of aliphatic hydroxyl groups excluding tert-OH is 1. The molecule has 4 atom stereocenters. The highest BCUT2D eigenvalue weighted by Gasteiger charge is 2.39. The number of ether oxygens (including phenoxy) is 2. The molecule has 0 unspecified atom stereocenters. The van der Waals surface area contributed by atoms with Gasteiger partial charge in [-0.2, -0.15) is 0 Å². The molecule has 6 nitrogen and oxygen atoms in total. The highest BCUT2D eigenvalue weighted by molar-refractivity contribution is 5.78. The van der Waals surface area contributed by atoms with Crippen LogP contribution >= 0.6 is 0 Å². The monoisotopic (exact) mass is 316 g/mol. The van der Waals surface area contributed by atoms with E-state index in [0.29, 0.717) is 19.3 Å².